The number of benzene rings is 1. The Bertz CT molecular complexity index is 656. The molecule has 2 rings (SSSR count). The molecule has 0 spiro atoms. The monoisotopic (exact) mass is 279 g/mol. The molecule has 1 amide bonds. The van der Waals surface area contributed by atoms with Gasteiger partial charge in [0, 0.05) is 30.1 Å². The highest BCUT2D eigenvalue weighted by Gasteiger charge is 2.05. The SMILES string of the molecule is NCC#Cc1cccc(C(=O)NCCc2ccncc2)c1. The van der Waals surface area contributed by atoms with E-state index in [-0.39, 0.29) is 5.91 Å². The van der Waals surface area contributed by atoms with E-state index < -0.39 is 0 Å². The van der Waals surface area contributed by atoms with E-state index in [1.54, 1.807) is 24.5 Å². The zero-order valence-electron chi connectivity index (χ0n) is 11.7. The van der Waals surface area contributed by atoms with Crippen molar-refractivity contribution >= 4 is 5.91 Å². The van der Waals surface area contributed by atoms with Crippen LogP contribution in [-0.4, -0.2) is 24.0 Å². The van der Waals surface area contributed by atoms with Crippen molar-refractivity contribution in [1.82, 2.24) is 10.3 Å². The number of aromatic nitrogens is 1. The Labute approximate surface area is 124 Å². The van der Waals surface area contributed by atoms with E-state index in [0.29, 0.717) is 18.7 Å². The topological polar surface area (TPSA) is 68.0 Å². The van der Waals surface area contributed by atoms with Gasteiger partial charge < -0.3 is 11.1 Å². The molecule has 0 aliphatic carbocycles. The van der Waals surface area contributed by atoms with Crippen LogP contribution in [0.15, 0.2) is 48.8 Å². The maximum absolute atomic E-state index is 12.1. The fourth-order valence-electron chi connectivity index (χ4n) is 1.86. The van der Waals surface area contributed by atoms with Crippen molar-refractivity contribution in [1.29, 1.82) is 0 Å². The van der Waals surface area contributed by atoms with Gasteiger partial charge in [0.2, 0.25) is 0 Å². The van der Waals surface area contributed by atoms with Gasteiger partial charge in [-0.05, 0) is 42.3 Å². The Morgan fingerprint density at radius 1 is 1.24 bits per heavy atom. The predicted octanol–water partition coefficient (Wildman–Crippen LogP) is 1.36. The van der Waals surface area contributed by atoms with Crippen molar-refractivity contribution in [2.75, 3.05) is 13.1 Å². The van der Waals surface area contributed by atoms with Crippen LogP contribution >= 0.6 is 0 Å². The molecular weight excluding hydrogens is 262 g/mol. The van der Waals surface area contributed by atoms with Crippen LogP contribution in [0, 0.1) is 11.8 Å². The molecule has 4 heteroatoms. The maximum atomic E-state index is 12.1. The molecule has 1 aromatic heterocycles. The number of hydrogen-bond acceptors (Lipinski definition) is 3. The fourth-order valence-corrected chi connectivity index (χ4v) is 1.86. The Balaban J connectivity index is 1.91. The summed E-state index contributed by atoms with van der Waals surface area (Å²) < 4.78 is 0. The molecule has 0 saturated carbocycles. The van der Waals surface area contributed by atoms with Crippen molar-refractivity contribution in [2.24, 2.45) is 5.73 Å². The Hall–Kier alpha value is -2.64. The summed E-state index contributed by atoms with van der Waals surface area (Å²) >= 11 is 0. The third kappa shape index (κ3) is 4.75. The highest BCUT2D eigenvalue weighted by atomic mass is 16.1. The molecule has 0 unspecified atom stereocenters. The van der Waals surface area contributed by atoms with Gasteiger partial charge in [-0.2, -0.15) is 0 Å². The third-order valence-corrected chi connectivity index (χ3v) is 2.91. The first-order valence-electron chi connectivity index (χ1n) is 6.75. The summed E-state index contributed by atoms with van der Waals surface area (Å²) in [5.41, 5.74) is 7.88. The number of carbonyl (C=O) groups is 1. The number of carbonyl (C=O) groups excluding carboxylic acids is 1. The minimum atomic E-state index is -0.0968. The van der Waals surface area contributed by atoms with Gasteiger partial charge in [-0.1, -0.05) is 17.9 Å². The summed E-state index contributed by atoms with van der Waals surface area (Å²) in [6.07, 6.45) is 4.27. The van der Waals surface area contributed by atoms with Gasteiger partial charge in [-0.25, -0.2) is 0 Å². The van der Waals surface area contributed by atoms with Crippen LogP contribution < -0.4 is 11.1 Å². The van der Waals surface area contributed by atoms with Crippen molar-refractivity contribution < 1.29 is 4.79 Å². The van der Waals surface area contributed by atoms with Gasteiger partial charge in [0.05, 0.1) is 6.54 Å². The number of rotatable bonds is 4. The maximum Gasteiger partial charge on any atom is 0.251 e. The molecule has 2 aromatic rings. The van der Waals surface area contributed by atoms with E-state index in [9.17, 15) is 4.79 Å². The van der Waals surface area contributed by atoms with Gasteiger partial charge in [-0.3, -0.25) is 9.78 Å². The molecule has 0 aliphatic rings. The molecular formula is C17H17N3O. The lowest BCUT2D eigenvalue weighted by Crippen LogP contribution is -2.25. The van der Waals surface area contributed by atoms with Crippen LogP contribution in [0.2, 0.25) is 0 Å². The second kappa shape index (κ2) is 7.83. The lowest BCUT2D eigenvalue weighted by atomic mass is 10.1. The highest BCUT2D eigenvalue weighted by molar-refractivity contribution is 5.94. The first-order valence-corrected chi connectivity index (χ1v) is 6.75. The van der Waals surface area contributed by atoms with E-state index in [0.717, 1.165) is 17.5 Å². The van der Waals surface area contributed by atoms with E-state index in [2.05, 4.69) is 22.1 Å². The van der Waals surface area contributed by atoms with Gasteiger partial charge in [0.25, 0.3) is 5.91 Å². The number of nitrogens with zero attached hydrogens (tertiary/aromatic N) is 1. The summed E-state index contributed by atoms with van der Waals surface area (Å²) in [6, 6.07) is 11.1. The van der Waals surface area contributed by atoms with Crippen LogP contribution in [0.3, 0.4) is 0 Å². The molecule has 0 fully saturated rings. The molecule has 21 heavy (non-hydrogen) atoms. The molecule has 0 bridgehead atoms. The first kappa shape index (κ1) is 14.8. The summed E-state index contributed by atoms with van der Waals surface area (Å²) in [5.74, 6) is 5.60. The van der Waals surface area contributed by atoms with Crippen molar-refractivity contribution in [3.63, 3.8) is 0 Å². The van der Waals surface area contributed by atoms with E-state index >= 15 is 0 Å². The van der Waals surface area contributed by atoms with Crippen molar-refractivity contribution in [3.05, 3.63) is 65.5 Å². The number of hydrogen-bond donors (Lipinski definition) is 2. The second-order valence-electron chi connectivity index (χ2n) is 4.45. The molecule has 106 valence electrons. The molecule has 1 aromatic carbocycles. The molecule has 0 radical (unpaired) electrons. The molecule has 0 saturated heterocycles. The smallest absolute Gasteiger partial charge is 0.251 e. The normalized spacial score (nSPS) is 9.57. The van der Waals surface area contributed by atoms with E-state index in [1.165, 1.54) is 0 Å². The van der Waals surface area contributed by atoms with Gasteiger partial charge in [0.1, 0.15) is 0 Å². The average molecular weight is 279 g/mol. The van der Waals surface area contributed by atoms with Crippen LogP contribution in [0.5, 0.6) is 0 Å². The minimum Gasteiger partial charge on any atom is -0.352 e. The van der Waals surface area contributed by atoms with Crippen LogP contribution in [0.1, 0.15) is 21.5 Å². The van der Waals surface area contributed by atoms with Crippen LogP contribution in [0.25, 0.3) is 0 Å². The van der Waals surface area contributed by atoms with Gasteiger partial charge >= 0.3 is 0 Å². The average Bonchev–Trinajstić information content (AvgIpc) is 2.54. The lowest BCUT2D eigenvalue weighted by molar-refractivity contribution is 0.0954. The minimum absolute atomic E-state index is 0.0968. The number of nitrogens with one attached hydrogen (secondary N) is 1. The molecule has 0 aliphatic heterocycles. The zero-order valence-corrected chi connectivity index (χ0v) is 11.7. The van der Waals surface area contributed by atoms with E-state index in [4.69, 9.17) is 5.73 Å². The lowest BCUT2D eigenvalue weighted by Gasteiger charge is -2.05. The van der Waals surface area contributed by atoms with Crippen molar-refractivity contribution in [2.45, 2.75) is 6.42 Å². The summed E-state index contributed by atoms with van der Waals surface area (Å²) in [5, 5.41) is 2.90. The third-order valence-electron chi connectivity index (χ3n) is 2.91. The molecule has 3 N–H and O–H groups in total. The zero-order chi connectivity index (χ0) is 14.9. The summed E-state index contributed by atoms with van der Waals surface area (Å²) in [6.45, 7) is 0.893. The molecule has 0 atom stereocenters. The fraction of sp³-hybridized carbons (Fsp3) is 0.176. The van der Waals surface area contributed by atoms with Gasteiger partial charge in [-0.15, -0.1) is 0 Å². The predicted molar refractivity (Wildman–Crippen MR) is 82.6 cm³/mol. The second-order valence-corrected chi connectivity index (χ2v) is 4.45. The number of nitrogens with two attached hydrogens (primary N) is 1. The Morgan fingerprint density at radius 3 is 2.81 bits per heavy atom. The van der Waals surface area contributed by atoms with Crippen LogP contribution in [0.4, 0.5) is 0 Å². The highest BCUT2D eigenvalue weighted by Crippen LogP contribution is 2.04. The summed E-state index contributed by atoms with van der Waals surface area (Å²) in [7, 11) is 0. The van der Waals surface area contributed by atoms with E-state index in [1.807, 2.05) is 24.3 Å². The number of amides is 1. The molecule has 1 heterocycles. The quantitative estimate of drug-likeness (QED) is 0.830. The standard InChI is InChI=1S/C17H17N3O/c18-9-2-4-15-3-1-5-16(13-15)17(21)20-12-8-14-6-10-19-11-7-14/h1,3,5-7,10-11,13H,8-9,12,18H2,(H,20,21). The Morgan fingerprint density at radius 2 is 2.05 bits per heavy atom. The molecule has 4 nitrogen and oxygen atoms in total. The Kier molecular flexibility index (Phi) is 5.50. The van der Waals surface area contributed by atoms with Crippen molar-refractivity contribution in [3.8, 4) is 11.8 Å². The largest absolute Gasteiger partial charge is 0.352 e. The van der Waals surface area contributed by atoms with Crippen LogP contribution in [-0.2, 0) is 6.42 Å². The van der Waals surface area contributed by atoms with Gasteiger partial charge in [0.15, 0.2) is 0 Å². The first-order chi connectivity index (χ1) is 10.3. The summed E-state index contributed by atoms with van der Waals surface area (Å²) in [4.78, 5) is 16.0. The number of pyridine rings is 1.